The Morgan fingerprint density at radius 1 is 1.17 bits per heavy atom. The van der Waals surface area contributed by atoms with Crippen LogP contribution in [0, 0.1) is 23.0 Å². The van der Waals surface area contributed by atoms with Gasteiger partial charge in [-0.1, -0.05) is 0 Å². The molecule has 4 rings (SSSR count). The molecule has 0 unspecified atom stereocenters. The van der Waals surface area contributed by atoms with Crippen LogP contribution in [0.3, 0.4) is 0 Å². The molecule has 1 saturated carbocycles. The highest BCUT2D eigenvalue weighted by Gasteiger charge is 2.35. The maximum atomic E-state index is 14.2. The predicted molar refractivity (Wildman–Crippen MR) is 101 cm³/mol. The van der Waals surface area contributed by atoms with E-state index in [-0.39, 0.29) is 36.3 Å². The summed E-state index contributed by atoms with van der Waals surface area (Å²) in [6.07, 6.45) is 1.69. The summed E-state index contributed by atoms with van der Waals surface area (Å²) in [7, 11) is 1.61. The van der Waals surface area contributed by atoms with E-state index < -0.39 is 23.2 Å². The van der Waals surface area contributed by atoms with Crippen molar-refractivity contribution in [1.29, 1.82) is 5.26 Å². The number of hydrogen-bond donors (Lipinski definition) is 2. The second-order valence-electron chi connectivity index (χ2n) is 7.22. The monoisotopic (exact) mass is 419 g/mol. The van der Waals surface area contributed by atoms with Crippen molar-refractivity contribution in [2.75, 3.05) is 10.6 Å². The average Bonchev–Trinajstić information content (AvgIpc) is 3.01. The number of benzene rings is 1. The first kappa shape index (κ1) is 19.9. The van der Waals surface area contributed by atoms with Gasteiger partial charge in [0.15, 0.2) is 17.3 Å². The smallest absolute Gasteiger partial charge is 0.248 e. The fourth-order valence-corrected chi connectivity index (χ4v) is 3.40. The van der Waals surface area contributed by atoms with Gasteiger partial charge in [0.2, 0.25) is 17.8 Å². The van der Waals surface area contributed by atoms with Crippen LogP contribution in [0.1, 0.15) is 31.2 Å². The maximum Gasteiger partial charge on any atom is 0.248 e. The molecule has 0 amide bonds. The van der Waals surface area contributed by atoms with E-state index >= 15 is 0 Å². The van der Waals surface area contributed by atoms with Crippen LogP contribution in [0.25, 0.3) is 11.2 Å². The first-order valence-electron chi connectivity index (χ1n) is 9.26. The molecule has 0 radical (unpaired) electrons. The van der Waals surface area contributed by atoms with Crippen LogP contribution in [-0.4, -0.2) is 31.5 Å². The summed E-state index contributed by atoms with van der Waals surface area (Å²) in [5, 5.41) is 14.4. The lowest BCUT2D eigenvalue weighted by molar-refractivity contribution is -0.0361. The van der Waals surface area contributed by atoms with E-state index in [4.69, 9.17) is 5.26 Å². The number of aryl methyl sites for hydroxylation is 1. The number of nitrogens with one attached hydrogen (secondary N) is 2. The highest BCUT2D eigenvalue weighted by molar-refractivity contribution is 5.76. The van der Waals surface area contributed by atoms with Crippen LogP contribution < -0.4 is 10.6 Å². The van der Waals surface area contributed by atoms with E-state index in [1.54, 1.807) is 13.1 Å². The average molecular weight is 419 g/mol. The van der Waals surface area contributed by atoms with E-state index in [1.807, 2.05) is 0 Å². The summed E-state index contributed by atoms with van der Waals surface area (Å²) in [6, 6.07) is 3.36. The number of alkyl halides is 2. The molecule has 1 fully saturated rings. The molecule has 1 aromatic carbocycles. The van der Waals surface area contributed by atoms with Crippen molar-refractivity contribution in [2.45, 2.75) is 37.6 Å². The van der Waals surface area contributed by atoms with Gasteiger partial charge in [-0.05, 0) is 25.0 Å². The predicted octanol–water partition coefficient (Wildman–Crippen LogP) is 4.25. The van der Waals surface area contributed by atoms with Crippen LogP contribution >= 0.6 is 0 Å². The molecule has 0 saturated heterocycles. The number of hydrogen-bond acceptors (Lipinski definition) is 6. The van der Waals surface area contributed by atoms with Gasteiger partial charge in [0.05, 0.1) is 17.8 Å². The van der Waals surface area contributed by atoms with Crippen molar-refractivity contribution in [2.24, 2.45) is 7.05 Å². The zero-order valence-corrected chi connectivity index (χ0v) is 15.9. The Labute approximate surface area is 168 Å². The van der Waals surface area contributed by atoms with Crippen molar-refractivity contribution >= 4 is 28.7 Å². The molecule has 2 aromatic heterocycles. The molecule has 3 aromatic rings. The lowest BCUT2D eigenvalue weighted by Crippen LogP contribution is -2.32. The molecule has 1 aliphatic carbocycles. The van der Waals surface area contributed by atoms with Gasteiger partial charge in [-0.25, -0.2) is 27.5 Å². The van der Waals surface area contributed by atoms with E-state index in [2.05, 4.69) is 25.6 Å². The highest BCUT2D eigenvalue weighted by atomic mass is 19.3. The van der Waals surface area contributed by atoms with Crippen molar-refractivity contribution in [3.63, 3.8) is 0 Å². The Hall–Kier alpha value is -3.42. The molecular weight excluding hydrogens is 402 g/mol. The topological polar surface area (TPSA) is 91.5 Å². The van der Waals surface area contributed by atoms with Crippen LogP contribution in [0.15, 0.2) is 18.3 Å². The summed E-state index contributed by atoms with van der Waals surface area (Å²) in [4.78, 5) is 12.8. The number of rotatable bonds is 4. The number of anilines is 3. The molecule has 0 bridgehead atoms. The third kappa shape index (κ3) is 3.85. The third-order valence-electron chi connectivity index (χ3n) is 5.07. The minimum atomic E-state index is -2.62. The quantitative estimate of drug-likeness (QED) is 0.615. The maximum absolute atomic E-state index is 14.2. The molecule has 11 heteroatoms. The molecule has 7 nitrogen and oxygen atoms in total. The number of halogens is 4. The Balaban J connectivity index is 1.57. The van der Waals surface area contributed by atoms with Gasteiger partial charge >= 0.3 is 0 Å². The highest BCUT2D eigenvalue weighted by Crippen LogP contribution is 2.34. The van der Waals surface area contributed by atoms with Crippen molar-refractivity contribution in [1.82, 2.24) is 19.5 Å². The van der Waals surface area contributed by atoms with E-state index in [0.717, 1.165) is 12.1 Å². The van der Waals surface area contributed by atoms with Gasteiger partial charge in [-0.15, -0.1) is 0 Å². The van der Waals surface area contributed by atoms with E-state index in [9.17, 15) is 17.6 Å². The number of fused-ring (bicyclic) bond motifs is 1. The van der Waals surface area contributed by atoms with Gasteiger partial charge in [-0.2, -0.15) is 10.2 Å². The molecular formula is C19H17F4N7. The zero-order chi connectivity index (χ0) is 21.5. The summed E-state index contributed by atoms with van der Waals surface area (Å²) < 4.78 is 56.5. The summed E-state index contributed by atoms with van der Waals surface area (Å²) in [6.45, 7) is 0. The van der Waals surface area contributed by atoms with Crippen molar-refractivity contribution in [3.8, 4) is 6.07 Å². The van der Waals surface area contributed by atoms with Crippen LogP contribution in [0.5, 0.6) is 0 Å². The fourth-order valence-electron chi connectivity index (χ4n) is 3.40. The molecule has 2 N–H and O–H groups in total. The minimum Gasteiger partial charge on any atom is -0.351 e. The zero-order valence-electron chi connectivity index (χ0n) is 15.9. The largest absolute Gasteiger partial charge is 0.351 e. The molecule has 0 atom stereocenters. The fraction of sp³-hybridized carbons (Fsp3) is 0.368. The van der Waals surface area contributed by atoms with Crippen molar-refractivity contribution in [3.05, 3.63) is 35.5 Å². The third-order valence-corrected chi connectivity index (χ3v) is 5.07. The SMILES string of the molecule is Cn1c(Nc2c(F)cc(C#N)cc2F)nc2cnc(NC3CCC(F)(F)CC3)nc21. The minimum absolute atomic E-state index is 0.122. The molecule has 0 aliphatic heterocycles. The first-order chi connectivity index (χ1) is 14.3. The van der Waals surface area contributed by atoms with Crippen molar-refractivity contribution < 1.29 is 17.6 Å². The van der Waals surface area contributed by atoms with Gasteiger partial charge in [0, 0.05) is 25.9 Å². The van der Waals surface area contributed by atoms with E-state index in [1.165, 1.54) is 10.8 Å². The Morgan fingerprint density at radius 2 is 1.83 bits per heavy atom. The number of nitrogens with zero attached hydrogens (tertiary/aromatic N) is 5. The number of imidazole rings is 1. The Bertz CT molecular complexity index is 1120. The molecule has 0 spiro atoms. The molecule has 1 aliphatic rings. The van der Waals surface area contributed by atoms with Gasteiger partial charge in [0.25, 0.3) is 0 Å². The summed E-state index contributed by atoms with van der Waals surface area (Å²) >= 11 is 0. The molecule has 156 valence electrons. The normalized spacial score (nSPS) is 16.4. The van der Waals surface area contributed by atoms with Crippen LogP contribution in [0.4, 0.5) is 35.1 Å². The lowest BCUT2D eigenvalue weighted by Gasteiger charge is -2.28. The van der Waals surface area contributed by atoms with Crippen LogP contribution in [0.2, 0.25) is 0 Å². The first-order valence-corrected chi connectivity index (χ1v) is 9.26. The van der Waals surface area contributed by atoms with Gasteiger partial charge in [0.1, 0.15) is 11.2 Å². The number of aromatic nitrogens is 4. The second kappa shape index (κ2) is 7.44. The van der Waals surface area contributed by atoms with Crippen LogP contribution in [-0.2, 0) is 7.05 Å². The van der Waals surface area contributed by atoms with Gasteiger partial charge in [-0.3, -0.25) is 4.57 Å². The summed E-state index contributed by atoms with van der Waals surface area (Å²) in [5.41, 5.74) is 0.199. The Morgan fingerprint density at radius 3 is 2.47 bits per heavy atom. The molecule has 30 heavy (non-hydrogen) atoms. The van der Waals surface area contributed by atoms with E-state index in [0.29, 0.717) is 24.0 Å². The standard InChI is InChI=1S/C19H17F4N7/c1-30-16-14(9-25-17(29-16)26-11-2-4-19(22,23)5-3-11)27-18(30)28-15-12(20)6-10(8-24)7-13(15)21/h6-7,9,11H,2-5H2,1H3,(H,27,28)(H,25,26,29). The second-order valence-corrected chi connectivity index (χ2v) is 7.22. The van der Waals surface area contributed by atoms with Gasteiger partial charge < -0.3 is 10.6 Å². The Kier molecular flexibility index (Phi) is 4.93. The lowest BCUT2D eigenvalue weighted by atomic mass is 9.92. The number of nitriles is 1. The molecule has 2 heterocycles. The summed E-state index contributed by atoms with van der Waals surface area (Å²) in [5.74, 6) is -4.09.